The molecule has 1 N–H and O–H groups in total. The minimum absolute atomic E-state index is 0.220. The Kier molecular flexibility index (Phi) is 6.13. The highest BCUT2D eigenvalue weighted by atomic mass is 32.2. The molecule has 1 heterocycles. The van der Waals surface area contributed by atoms with Crippen molar-refractivity contribution in [2.45, 2.75) is 17.3 Å². The number of anilines is 1. The van der Waals surface area contributed by atoms with Crippen LogP contribution < -0.4 is 5.32 Å². The molecule has 0 fully saturated rings. The minimum atomic E-state index is -0.556. The van der Waals surface area contributed by atoms with E-state index in [1.165, 1.54) is 41.6 Å². The molecule has 1 atom stereocenters. The molecule has 0 aliphatic rings. The predicted octanol–water partition coefficient (Wildman–Crippen LogP) is 5.40. The fourth-order valence-electron chi connectivity index (χ4n) is 3.12. The Morgan fingerprint density at radius 2 is 1.65 bits per heavy atom. The van der Waals surface area contributed by atoms with Crippen LogP contribution in [0.2, 0.25) is 0 Å². The van der Waals surface area contributed by atoms with Gasteiger partial charge in [0.2, 0.25) is 5.91 Å². The van der Waals surface area contributed by atoms with Crippen LogP contribution in [0.15, 0.2) is 84.0 Å². The van der Waals surface area contributed by atoms with Gasteiger partial charge in [-0.25, -0.2) is 4.39 Å². The summed E-state index contributed by atoms with van der Waals surface area (Å²) >= 11 is 1.32. The van der Waals surface area contributed by atoms with Gasteiger partial charge in [-0.1, -0.05) is 71.9 Å². The molecule has 7 heteroatoms. The average molecular weight is 433 g/mol. The number of carbonyl (C=O) groups is 1. The highest BCUT2D eigenvalue weighted by molar-refractivity contribution is 8.00. The number of thioether (sulfide) groups is 1. The summed E-state index contributed by atoms with van der Waals surface area (Å²) in [6.45, 7) is 2.03. The zero-order valence-electron chi connectivity index (χ0n) is 17.1. The molecule has 1 aromatic heterocycles. The summed E-state index contributed by atoms with van der Waals surface area (Å²) in [5.41, 5.74) is 3.50. The Bertz CT molecular complexity index is 1170. The second-order valence-corrected chi connectivity index (χ2v) is 8.21. The third kappa shape index (κ3) is 4.83. The lowest BCUT2D eigenvalue weighted by atomic mass is 10.1. The van der Waals surface area contributed by atoms with E-state index < -0.39 is 5.25 Å². The van der Waals surface area contributed by atoms with Crippen LogP contribution in [0.25, 0.3) is 11.4 Å². The van der Waals surface area contributed by atoms with Crippen molar-refractivity contribution in [3.63, 3.8) is 0 Å². The van der Waals surface area contributed by atoms with Gasteiger partial charge < -0.3 is 9.88 Å². The number of aromatic nitrogens is 3. The summed E-state index contributed by atoms with van der Waals surface area (Å²) in [6, 6.07) is 23.3. The quantitative estimate of drug-likeness (QED) is 0.414. The number of amides is 1. The monoisotopic (exact) mass is 432 g/mol. The SMILES string of the molecule is Cc1ccc(-c2nnc(SC(C(=O)Nc3ccc(F)cc3)c3ccccc3)n2C)cc1. The maximum atomic E-state index is 13.2. The summed E-state index contributed by atoms with van der Waals surface area (Å²) < 4.78 is 15.1. The Labute approximate surface area is 184 Å². The van der Waals surface area contributed by atoms with Crippen LogP contribution in [0, 0.1) is 12.7 Å². The van der Waals surface area contributed by atoms with Gasteiger partial charge in [-0.2, -0.15) is 0 Å². The fraction of sp³-hybridized carbons (Fsp3) is 0.125. The van der Waals surface area contributed by atoms with Gasteiger partial charge in [-0.3, -0.25) is 4.79 Å². The molecule has 4 aromatic rings. The summed E-state index contributed by atoms with van der Waals surface area (Å²) in [7, 11) is 1.89. The van der Waals surface area contributed by atoms with E-state index in [4.69, 9.17) is 0 Å². The summed E-state index contributed by atoms with van der Waals surface area (Å²) in [4.78, 5) is 13.1. The van der Waals surface area contributed by atoms with Gasteiger partial charge in [0.05, 0.1) is 0 Å². The largest absolute Gasteiger partial charge is 0.325 e. The second kappa shape index (κ2) is 9.14. The third-order valence-electron chi connectivity index (χ3n) is 4.82. The van der Waals surface area contributed by atoms with Crippen molar-refractivity contribution in [2.24, 2.45) is 7.05 Å². The van der Waals surface area contributed by atoms with Crippen LogP contribution in [0.5, 0.6) is 0 Å². The van der Waals surface area contributed by atoms with Crippen LogP contribution in [0.3, 0.4) is 0 Å². The number of carbonyl (C=O) groups excluding carboxylic acids is 1. The van der Waals surface area contributed by atoms with Crippen molar-refractivity contribution in [1.29, 1.82) is 0 Å². The topological polar surface area (TPSA) is 59.8 Å². The fourth-order valence-corrected chi connectivity index (χ4v) is 4.12. The van der Waals surface area contributed by atoms with Crippen LogP contribution in [0.4, 0.5) is 10.1 Å². The Morgan fingerprint density at radius 1 is 0.968 bits per heavy atom. The first kappa shape index (κ1) is 20.8. The first-order valence-corrected chi connectivity index (χ1v) is 10.6. The second-order valence-electron chi connectivity index (χ2n) is 7.14. The third-order valence-corrected chi connectivity index (χ3v) is 6.11. The van der Waals surface area contributed by atoms with E-state index in [1.807, 2.05) is 73.1 Å². The predicted molar refractivity (Wildman–Crippen MR) is 121 cm³/mol. The number of nitrogens with zero attached hydrogens (tertiary/aromatic N) is 3. The molecular formula is C24H21FN4OS. The lowest BCUT2D eigenvalue weighted by Gasteiger charge is -2.16. The van der Waals surface area contributed by atoms with E-state index in [0.717, 1.165) is 17.0 Å². The Balaban J connectivity index is 1.62. The van der Waals surface area contributed by atoms with Crippen LogP contribution in [-0.2, 0) is 11.8 Å². The van der Waals surface area contributed by atoms with Gasteiger partial charge in [0, 0.05) is 18.3 Å². The van der Waals surface area contributed by atoms with E-state index in [1.54, 1.807) is 0 Å². The van der Waals surface area contributed by atoms with Crippen molar-refractivity contribution in [2.75, 3.05) is 5.32 Å². The van der Waals surface area contributed by atoms with Gasteiger partial charge in [0.1, 0.15) is 11.1 Å². The number of halogens is 1. The van der Waals surface area contributed by atoms with E-state index in [0.29, 0.717) is 10.8 Å². The molecule has 5 nitrogen and oxygen atoms in total. The number of nitrogens with one attached hydrogen (secondary N) is 1. The molecule has 0 saturated heterocycles. The summed E-state index contributed by atoms with van der Waals surface area (Å²) in [5.74, 6) is 0.158. The Hall–Kier alpha value is -3.45. The molecule has 0 saturated carbocycles. The molecule has 1 amide bonds. The summed E-state index contributed by atoms with van der Waals surface area (Å²) in [5, 5.41) is 11.6. The number of rotatable bonds is 6. The lowest BCUT2D eigenvalue weighted by molar-refractivity contribution is -0.115. The standard InChI is InChI=1S/C24H21FN4OS/c1-16-8-10-18(11-9-16)22-27-28-24(29(22)2)31-21(17-6-4-3-5-7-17)23(30)26-20-14-12-19(25)13-15-20/h3-15,21H,1-2H3,(H,26,30). The highest BCUT2D eigenvalue weighted by Gasteiger charge is 2.25. The molecule has 4 rings (SSSR count). The maximum absolute atomic E-state index is 13.2. The van der Waals surface area contributed by atoms with Crippen molar-refractivity contribution < 1.29 is 9.18 Å². The lowest BCUT2D eigenvalue weighted by Crippen LogP contribution is -2.19. The van der Waals surface area contributed by atoms with Gasteiger partial charge in [-0.05, 0) is 36.8 Å². The van der Waals surface area contributed by atoms with E-state index in [9.17, 15) is 9.18 Å². The molecule has 3 aromatic carbocycles. The number of hydrogen-bond acceptors (Lipinski definition) is 4. The normalized spacial score (nSPS) is 11.8. The van der Waals surface area contributed by atoms with Crippen molar-refractivity contribution in [1.82, 2.24) is 14.8 Å². The number of aryl methyl sites for hydroxylation is 1. The van der Waals surface area contributed by atoms with Crippen LogP contribution >= 0.6 is 11.8 Å². The molecule has 31 heavy (non-hydrogen) atoms. The van der Waals surface area contributed by atoms with Crippen LogP contribution in [-0.4, -0.2) is 20.7 Å². The number of hydrogen-bond donors (Lipinski definition) is 1. The molecule has 0 aliphatic carbocycles. The average Bonchev–Trinajstić information content (AvgIpc) is 3.15. The van der Waals surface area contributed by atoms with E-state index in [2.05, 4.69) is 15.5 Å². The highest BCUT2D eigenvalue weighted by Crippen LogP contribution is 2.36. The van der Waals surface area contributed by atoms with Crippen molar-refractivity contribution in [3.8, 4) is 11.4 Å². The van der Waals surface area contributed by atoms with E-state index >= 15 is 0 Å². The first-order valence-electron chi connectivity index (χ1n) is 9.76. The first-order chi connectivity index (χ1) is 15.0. The van der Waals surface area contributed by atoms with Gasteiger partial charge in [0.25, 0.3) is 0 Å². The number of benzene rings is 3. The zero-order chi connectivity index (χ0) is 21.8. The molecule has 1 unspecified atom stereocenters. The smallest absolute Gasteiger partial charge is 0.242 e. The van der Waals surface area contributed by atoms with Crippen molar-refractivity contribution >= 4 is 23.4 Å². The Morgan fingerprint density at radius 3 is 2.32 bits per heavy atom. The molecular weight excluding hydrogens is 411 g/mol. The minimum Gasteiger partial charge on any atom is -0.325 e. The molecule has 0 bridgehead atoms. The maximum Gasteiger partial charge on any atom is 0.242 e. The zero-order valence-corrected chi connectivity index (χ0v) is 17.9. The summed E-state index contributed by atoms with van der Waals surface area (Å²) in [6.07, 6.45) is 0. The molecule has 0 radical (unpaired) electrons. The van der Waals surface area contributed by atoms with Crippen LogP contribution in [0.1, 0.15) is 16.4 Å². The molecule has 156 valence electrons. The van der Waals surface area contributed by atoms with Crippen molar-refractivity contribution in [3.05, 3.63) is 95.8 Å². The molecule has 0 spiro atoms. The van der Waals surface area contributed by atoms with Gasteiger partial charge >= 0.3 is 0 Å². The molecule has 0 aliphatic heterocycles. The van der Waals surface area contributed by atoms with Gasteiger partial charge in [0.15, 0.2) is 11.0 Å². The van der Waals surface area contributed by atoms with E-state index in [-0.39, 0.29) is 11.7 Å². The van der Waals surface area contributed by atoms with Gasteiger partial charge in [-0.15, -0.1) is 10.2 Å².